The van der Waals surface area contributed by atoms with Crippen LogP contribution in [0.3, 0.4) is 0 Å². The number of anilines is 1. The fourth-order valence-corrected chi connectivity index (χ4v) is 1.79. The maximum Gasteiger partial charge on any atom is 0.227 e. The van der Waals surface area contributed by atoms with Crippen molar-refractivity contribution in [3.05, 3.63) is 24.3 Å². The molecule has 2 aromatic heterocycles. The van der Waals surface area contributed by atoms with Gasteiger partial charge < -0.3 is 10.1 Å². The van der Waals surface area contributed by atoms with Crippen molar-refractivity contribution in [1.29, 1.82) is 0 Å². The Hall–Kier alpha value is -2.11. The van der Waals surface area contributed by atoms with Gasteiger partial charge >= 0.3 is 0 Å². The summed E-state index contributed by atoms with van der Waals surface area (Å²) in [5.74, 6) is 2.05. The van der Waals surface area contributed by atoms with E-state index < -0.39 is 0 Å². The van der Waals surface area contributed by atoms with E-state index >= 15 is 0 Å². The molecule has 6 heteroatoms. The van der Waals surface area contributed by atoms with Crippen LogP contribution in [-0.2, 0) is 6.42 Å². The Morgan fingerprint density at radius 3 is 2.74 bits per heavy atom. The Morgan fingerprint density at radius 1 is 1.37 bits per heavy atom. The summed E-state index contributed by atoms with van der Waals surface area (Å²) in [6.07, 6.45) is 5.85. The zero-order chi connectivity index (χ0) is 13.8. The lowest BCUT2D eigenvalue weighted by molar-refractivity contribution is 0.452. The third-order valence-corrected chi connectivity index (χ3v) is 2.82. The third-order valence-electron chi connectivity index (χ3n) is 2.82. The summed E-state index contributed by atoms with van der Waals surface area (Å²) in [5, 5.41) is 7.29. The van der Waals surface area contributed by atoms with Gasteiger partial charge in [0.05, 0.1) is 18.0 Å². The first-order valence-corrected chi connectivity index (χ1v) is 6.39. The van der Waals surface area contributed by atoms with Gasteiger partial charge in [0.15, 0.2) is 5.75 Å². The van der Waals surface area contributed by atoms with Crippen molar-refractivity contribution < 1.29 is 4.74 Å². The molecular formula is C13H19N5O. The summed E-state index contributed by atoms with van der Waals surface area (Å²) in [6.45, 7) is 6.18. The van der Waals surface area contributed by atoms with Gasteiger partial charge in [-0.3, -0.25) is 4.68 Å². The standard InChI is InChI=1S/C13H19N5O/c1-5-11-12(14-4)15-8-16-13(11)19-10-6-17-18(7-10)9(2)3/h6-9H,5H2,1-4H3,(H,14,15,16). The summed E-state index contributed by atoms with van der Waals surface area (Å²) in [6, 6.07) is 0.307. The zero-order valence-corrected chi connectivity index (χ0v) is 11.7. The van der Waals surface area contributed by atoms with Crippen LogP contribution in [0, 0.1) is 0 Å². The summed E-state index contributed by atoms with van der Waals surface area (Å²) in [4.78, 5) is 8.38. The van der Waals surface area contributed by atoms with Gasteiger partial charge in [-0.2, -0.15) is 5.10 Å². The van der Waals surface area contributed by atoms with Crippen LogP contribution in [0.2, 0.25) is 0 Å². The minimum Gasteiger partial charge on any atom is -0.435 e. The van der Waals surface area contributed by atoms with E-state index in [1.54, 1.807) is 6.20 Å². The molecule has 0 radical (unpaired) electrons. The Kier molecular flexibility index (Phi) is 3.99. The first kappa shape index (κ1) is 13.3. The second-order valence-corrected chi connectivity index (χ2v) is 4.46. The molecule has 0 amide bonds. The van der Waals surface area contributed by atoms with Gasteiger partial charge in [0.1, 0.15) is 12.1 Å². The van der Waals surface area contributed by atoms with Crippen molar-refractivity contribution in [1.82, 2.24) is 19.7 Å². The molecule has 0 bridgehead atoms. The number of nitrogens with zero attached hydrogens (tertiary/aromatic N) is 4. The van der Waals surface area contributed by atoms with Crippen molar-refractivity contribution in [2.75, 3.05) is 12.4 Å². The first-order valence-electron chi connectivity index (χ1n) is 6.39. The fourth-order valence-electron chi connectivity index (χ4n) is 1.79. The number of hydrogen-bond donors (Lipinski definition) is 1. The molecule has 0 aromatic carbocycles. The van der Waals surface area contributed by atoms with E-state index in [-0.39, 0.29) is 0 Å². The van der Waals surface area contributed by atoms with Gasteiger partial charge in [-0.25, -0.2) is 9.97 Å². The highest BCUT2D eigenvalue weighted by Gasteiger charge is 2.12. The summed E-state index contributed by atoms with van der Waals surface area (Å²) >= 11 is 0. The molecule has 1 N–H and O–H groups in total. The van der Waals surface area contributed by atoms with Gasteiger partial charge in [-0.1, -0.05) is 6.92 Å². The minimum absolute atomic E-state index is 0.307. The molecule has 0 fully saturated rings. The molecule has 2 rings (SSSR count). The lowest BCUT2D eigenvalue weighted by Gasteiger charge is -2.10. The first-order chi connectivity index (χ1) is 9.15. The topological polar surface area (TPSA) is 64.9 Å². The SMILES string of the molecule is CCc1c(NC)ncnc1Oc1cnn(C(C)C)c1. The predicted octanol–water partition coefficient (Wildman–Crippen LogP) is 2.65. The summed E-state index contributed by atoms with van der Waals surface area (Å²) in [7, 11) is 1.84. The maximum absolute atomic E-state index is 5.80. The second kappa shape index (κ2) is 5.69. The normalized spacial score (nSPS) is 10.8. The molecule has 0 spiro atoms. The van der Waals surface area contributed by atoms with E-state index in [0.29, 0.717) is 17.7 Å². The highest BCUT2D eigenvalue weighted by molar-refractivity contribution is 5.49. The molecule has 2 heterocycles. The molecule has 102 valence electrons. The predicted molar refractivity (Wildman–Crippen MR) is 73.6 cm³/mol. The summed E-state index contributed by atoms with van der Waals surface area (Å²) in [5.41, 5.74) is 0.960. The molecule has 0 saturated heterocycles. The monoisotopic (exact) mass is 261 g/mol. The Bertz CT molecular complexity index is 550. The lowest BCUT2D eigenvalue weighted by Crippen LogP contribution is -2.02. The van der Waals surface area contributed by atoms with Crippen LogP contribution in [0.1, 0.15) is 32.4 Å². The molecule has 0 atom stereocenters. The van der Waals surface area contributed by atoms with E-state index in [2.05, 4.69) is 34.2 Å². The Morgan fingerprint density at radius 2 is 2.16 bits per heavy atom. The number of rotatable bonds is 5. The maximum atomic E-state index is 5.80. The van der Waals surface area contributed by atoms with E-state index in [9.17, 15) is 0 Å². The second-order valence-electron chi connectivity index (χ2n) is 4.46. The smallest absolute Gasteiger partial charge is 0.227 e. The number of aromatic nitrogens is 4. The van der Waals surface area contributed by atoms with E-state index in [4.69, 9.17) is 4.74 Å². The quantitative estimate of drug-likeness (QED) is 0.896. The summed E-state index contributed by atoms with van der Waals surface area (Å²) < 4.78 is 7.65. The van der Waals surface area contributed by atoms with Crippen LogP contribution < -0.4 is 10.1 Å². The van der Waals surface area contributed by atoms with Gasteiger partial charge in [0.25, 0.3) is 0 Å². The molecule has 19 heavy (non-hydrogen) atoms. The molecule has 0 unspecified atom stereocenters. The van der Waals surface area contributed by atoms with Crippen molar-refractivity contribution in [3.63, 3.8) is 0 Å². The van der Waals surface area contributed by atoms with Crippen LogP contribution in [0.25, 0.3) is 0 Å². The van der Waals surface area contributed by atoms with Gasteiger partial charge in [-0.15, -0.1) is 0 Å². The van der Waals surface area contributed by atoms with Crippen LogP contribution >= 0.6 is 0 Å². The number of ether oxygens (including phenoxy) is 1. The average molecular weight is 261 g/mol. The molecule has 0 saturated carbocycles. The Labute approximate surface area is 112 Å². The molecule has 2 aromatic rings. The van der Waals surface area contributed by atoms with Gasteiger partial charge in [-0.05, 0) is 20.3 Å². The molecular weight excluding hydrogens is 242 g/mol. The van der Waals surface area contributed by atoms with Gasteiger partial charge in [0, 0.05) is 13.1 Å². The van der Waals surface area contributed by atoms with Crippen LogP contribution in [-0.4, -0.2) is 26.8 Å². The molecule has 6 nitrogen and oxygen atoms in total. The van der Waals surface area contributed by atoms with Gasteiger partial charge in [0.2, 0.25) is 5.88 Å². The fraction of sp³-hybridized carbons (Fsp3) is 0.462. The number of hydrogen-bond acceptors (Lipinski definition) is 5. The Balaban J connectivity index is 2.27. The average Bonchev–Trinajstić information content (AvgIpc) is 2.87. The van der Waals surface area contributed by atoms with E-state index in [0.717, 1.165) is 17.8 Å². The van der Waals surface area contributed by atoms with Crippen molar-refractivity contribution >= 4 is 5.82 Å². The number of nitrogens with one attached hydrogen (secondary N) is 1. The third kappa shape index (κ3) is 2.83. The highest BCUT2D eigenvalue weighted by Crippen LogP contribution is 2.27. The molecule has 0 aliphatic heterocycles. The van der Waals surface area contributed by atoms with Crippen molar-refractivity contribution in [3.8, 4) is 11.6 Å². The van der Waals surface area contributed by atoms with Crippen molar-refractivity contribution in [2.45, 2.75) is 33.2 Å². The van der Waals surface area contributed by atoms with Crippen LogP contribution in [0.4, 0.5) is 5.82 Å². The molecule has 0 aliphatic carbocycles. The lowest BCUT2D eigenvalue weighted by atomic mass is 10.2. The van der Waals surface area contributed by atoms with Crippen LogP contribution in [0.15, 0.2) is 18.7 Å². The molecule has 0 aliphatic rings. The van der Waals surface area contributed by atoms with E-state index in [1.165, 1.54) is 6.33 Å². The zero-order valence-electron chi connectivity index (χ0n) is 11.7. The van der Waals surface area contributed by atoms with Crippen LogP contribution in [0.5, 0.6) is 11.6 Å². The highest BCUT2D eigenvalue weighted by atomic mass is 16.5. The van der Waals surface area contributed by atoms with Crippen molar-refractivity contribution in [2.24, 2.45) is 0 Å². The van der Waals surface area contributed by atoms with E-state index in [1.807, 2.05) is 24.9 Å². The minimum atomic E-state index is 0.307. The largest absolute Gasteiger partial charge is 0.435 e.